The van der Waals surface area contributed by atoms with E-state index in [1.54, 1.807) is 4.90 Å². The first-order valence-corrected chi connectivity index (χ1v) is 8.96. The molecule has 0 radical (unpaired) electrons. The van der Waals surface area contributed by atoms with E-state index in [0.717, 1.165) is 0 Å². The molecule has 1 saturated heterocycles. The van der Waals surface area contributed by atoms with Crippen molar-refractivity contribution in [3.63, 3.8) is 0 Å². The lowest BCUT2D eigenvalue weighted by molar-refractivity contribution is -0.117. The molecule has 1 N–H and O–H groups in total. The molecular formula is C18H18Cl2N4O2. The zero-order chi connectivity index (χ0) is 18.5. The van der Waals surface area contributed by atoms with Gasteiger partial charge in [-0.25, -0.2) is 4.98 Å². The van der Waals surface area contributed by atoms with Gasteiger partial charge in [0.15, 0.2) is 5.82 Å². The molecule has 2 heterocycles. The van der Waals surface area contributed by atoms with Gasteiger partial charge < -0.3 is 10.2 Å². The highest BCUT2D eigenvalue weighted by Crippen LogP contribution is 2.22. The Hall–Kier alpha value is -2.15. The van der Waals surface area contributed by atoms with Gasteiger partial charge in [-0.2, -0.15) is 0 Å². The average Bonchev–Trinajstić information content (AvgIpc) is 2.65. The maximum absolute atomic E-state index is 12.4. The highest BCUT2D eigenvalue weighted by Gasteiger charge is 2.23. The summed E-state index contributed by atoms with van der Waals surface area (Å²) in [6, 6.07) is 10.7. The Bertz CT molecular complexity index is 793. The van der Waals surface area contributed by atoms with Gasteiger partial charge >= 0.3 is 0 Å². The van der Waals surface area contributed by atoms with Crippen LogP contribution in [0.25, 0.3) is 0 Å². The van der Waals surface area contributed by atoms with E-state index >= 15 is 0 Å². The lowest BCUT2D eigenvalue weighted by Crippen LogP contribution is -2.50. The molecule has 1 fully saturated rings. The molecule has 1 aliphatic rings. The molecule has 136 valence electrons. The normalized spacial score (nSPS) is 14.9. The van der Waals surface area contributed by atoms with Crippen molar-refractivity contribution >= 4 is 40.8 Å². The molecule has 0 saturated carbocycles. The second-order valence-corrected chi connectivity index (χ2v) is 6.81. The van der Waals surface area contributed by atoms with E-state index in [1.165, 1.54) is 12.3 Å². The summed E-state index contributed by atoms with van der Waals surface area (Å²) in [6.07, 6.45) is 1.43. The van der Waals surface area contributed by atoms with Crippen LogP contribution >= 0.6 is 23.2 Å². The van der Waals surface area contributed by atoms with E-state index in [2.05, 4.69) is 10.3 Å². The number of hydrogen-bond acceptors (Lipinski definition) is 4. The Morgan fingerprint density at radius 3 is 2.42 bits per heavy atom. The lowest BCUT2D eigenvalue weighted by atomic mass is 10.2. The predicted molar refractivity (Wildman–Crippen MR) is 102 cm³/mol. The number of anilines is 1. The van der Waals surface area contributed by atoms with Crippen LogP contribution in [0, 0.1) is 0 Å². The zero-order valence-corrected chi connectivity index (χ0v) is 15.5. The predicted octanol–water partition coefficient (Wildman–Crippen LogP) is 2.78. The second kappa shape index (κ2) is 8.49. The maximum atomic E-state index is 12.4. The van der Waals surface area contributed by atoms with Crippen LogP contribution in [-0.2, 0) is 4.79 Å². The molecular weight excluding hydrogens is 375 g/mol. The molecule has 1 aromatic carbocycles. The summed E-state index contributed by atoms with van der Waals surface area (Å²) in [7, 11) is 0. The zero-order valence-electron chi connectivity index (χ0n) is 14.0. The number of piperazine rings is 1. The number of hydrogen-bond donors (Lipinski definition) is 1. The third-order valence-corrected chi connectivity index (χ3v) is 4.61. The summed E-state index contributed by atoms with van der Waals surface area (Å²) >= 11 is 11.8. The molecule has 26 heavy (non-hydrogen) atoms. The van der Waals surface area contributed by atoms with Crippen molar-refractivity contribution in [1.82, 2.24) is 14.8 Å². The third-order valence-electron chi connectivity index (χ3n) is 4.11. The molecule has 0 bridgehead atoms. The van der Waals surface area contributed by atoms with Crippen LogP contribution in [0.3, 0.4) is 0 Å². The Kier molecular flexibility index (Phi) is 6.08. The number of aromatic nitrogens is 1. The van der Waals surface area contributed by atoms with Gasteiger partial charge in [-0.05, 0) is 18.2 Å². The number of nitrogens with one attached hydrogen (secondary N) is 1. The molecule has 0 aliphatic carbocycles. The van der Waals surface area contributed by atoms with Gasteiger partial charge in [-0.1, -0.05) is 41.4 Å². The minimum atomic E-state index is -0.204. The molecule has 2 aromatic rings. The largest absolute Gasteiger partial charge is 0.336 e. The fourth-order valence-electron chi connectivity index (χ4n) is 2.75. The van der Waals surface area contributed by atoms with Crippen LogP contribution in [0.1, 0.15) is 10.4 Å². The van der Waals surface area contributed by atoms with E-state index in [9.17, 15) is 9.59 Å². The first-order valence-electron chi connectivity index (χ1n) is 8.20. The van der Waals surface area contributed by atoms with Gasteiger partial charge in [0.25, 0.3) is 5.91 Å². The molecule has 3 rings (SSSR count). The number of pyridine rings is 1. The van der Waals surface area contributed by atoms with Crippen molar-refractivity contribution < 1.29 is 9.59 Å². The Morgan fingerprint density at radius 2 is 1.77 bits per heavy atom. The van der Waals surface area contributed by atoms with Crippen molar-refractivity contribution in [3.8, 4) is 0 Å². The van der Waals surface area contributed by atoms with Gasteiger partial charge in [-0.3, -0.25) is 14.5 Å². The van der Waals surface area contributed by atoms with Crippen molar-refractivity contribution in [3.05, 3.63) is 58.2 Å². The molecule has 0 atom stereocenters. The summed E-state index contributed by atoms with van der Waals surface area (Å²) in [5.41, 5.74) is 0.683. The van der Waals surface area contributed by atoms with Gasteiger partial charge in [0.1, 0.15) is 0 Å². The number of amides is 2. The highest BCUT2D eigenvalue weighted by molar-refractivity contribution is 6.36. The first kappa shape index (κ1) is 18.6. The van der Waals surface area contributed by atoms with E-state index in [4.69, 9.17) is 23.2 Å². The van der Waals surface area contributed by atoms with E-state index < -0.39 is 0 Å². The molecule has 8 heteroatoms. The fourth-order valence-corrected chi connectivity index (χ4v) is 3.18. The van der Waals surface area contributed by atoms with Crippen molar-refractivity contribution in [2.24, 2.45) is 0 Å². The van der Waals surface area contributed by atoms with Gasteiger partial charge in [-0.15, -0.1) is 0 Å². The fraction of sp³-hybridized carbons (Fsp3) is 0.278. The Labute approximate surface area is 161 Å². The summed E-state index contributed by atoms with van der Waals surface area (Å²) in [4.78, 5) is 32.4. The topological polar surface area (TPSA) is 65.5 Å². The first-order chi connectivity index (χ1) is 12.5. The minimum Gasteiger partial charge on any atom is -0.336 e. The molecule has 1 aliphatic heterocycles. The summed E-state index contributed by atoms with van der Waals surface area (Å²) in [5, 5.41) is 3.39. The number of carbonyl (C=O) groups excluding carboxylic acids is 2. The number of nitrogens with zero attached hydrogens (tertiary/aromatic N) is 3. The Balaban J connectivity index is 1.49. The quantitative estimate of drug-likeness (QED) is 0.868. The monoisotopic (exact) mass is 392 g/mol. The van der Waals surface area contributed by atoms with E-state index in [0.29, 0.717) is 47.6 Å². The van der Waals surface area contributed by atoms with Crippen molar-refractivity contribution in [1.29, 1.82) is 0 Å². The van der Waals surface area contributed by atoms with Crippen LogP contribution in [0.2, 0.25) is 10.0 Å². The minimum absolute atomic E-state index is 0.0202. The van der Waals surface area contributed by atoms with Crippen LogP contribution < -0.4 is 5.32 Å². The van der Waals surface area contributed by atoms with Gasteiger partial charge in [0.2, 0.25) is 5.91 Å². The summed E-state index contributed by atoms with van der Waals surface area (Å²) in [5.74, 6) is 0.107. The maximum Gasteiger partial charge on any atom is 0.253 e. The standard InChI is InChI=1S/C18H18Cl2N4O2/c19-14-10-15(20)17(21-11-14)22-16(25)12-23-6-8-24(9-7-23)18(26)13-4-2-1-3-5-13/h1-5,10-11H,6-9,12H2,(H,21,22,25). The lowest BCUT2D eigenvalue weighted by Gasteiger charge is -2.34. The van der Waals surface area contributed by atoms with Crippen molar-refractivity contribution in [2.75, 3.05) is 38.0 Å². The highest BCUT2D eigenvalue weighted by atomic mass is 35.5. The van der Waals surface area contributed by atoms with Crippen LogP contribution in [0.15, 0.2) is 42.6 Å². The molecule has 0 spiro atoms. The van der Waals surface area contributed by atoms with Crippen molar-refractivity contribution in [2.45, 2.75) is 0 Å². The number of benzene rings is 1. The number of carbonyl (C=O) groups is 2. The average molecular weight is 393 g/mol. The second-order valence-electron chi connectivity index (χ2n) is 5.97. The summed E-state index contributed by atoms with van der Waals surface area (Å²) < 4.78 is 0. The molecule has 2 amide bonds. The smallest absolute Gasteiger partial charge is 0.253 e. The molecule has 1 aromatic heterocycles. The van der Waals surface area contributed by atoms with Gasteiger partial charge in [0, 0.05) is 37.9 Å². The van der Waals surface area contributed by atoms with E-state index in [-0.39, 0.29) is 18.4 Å². The SMILES string of the molecule is O=C(CN1CCN(C(=O)c2ccccc2)CC1)Nc1ncc(Cl)cc1Cl. The number of rotatable bonds is 4. The summed E-state index contributed by atoms with van der Waals surface area (Å²) in [6.45, 7) is 2.65. The third kappa shape index (κ3) is 4.72. The molecule has 0 unspecified atom stereocenters. The van der Waals surface area contributed by atoms with Crippen LogP contribution in [0.4, 0.5) is 5.82 Å². The number of halogens is 2. The Morgan fingerprint density at radius 1 is 1.08 bits per heavy atom. The molecule has 6 nitrogen and oxygen atoms in total. The van der Waals surface area contributed by atoms with E-state index in [1.807, 2.05) is 35.2 Å². The van der Waals surface area contributed by atoms with Crippen LogP contribution in [0.5, 0.6) is 0 Å². The van der Waals surface area contributed by atoms with Gasteiger partial charge in [0.05, 0.1) is 16.6 Å². The van der Waals surface area contributed by atoms with Crippen LogP contribution in [-0.4, -0.2) is 59.3 Å².